The Morgan fingerprint density at radius 1 is 1.20 bits per heavy atom. The maximum atomic E-state index is 12.0. The summed E-state index contributed by atoms with van der Waals surface area (Å²) < 4.78 is 41.7. The van der Waals surface area contributed by atoms with Crippen molar-refractivity contribution in [2.75, 3.05) is 0 Å². The lowest BCUT2D eigenvalue weighted by Crippen LogP contribution is -2.17. The van der Waals surface area contributed by atoms with Crippen molar-refractivity contribution in [1.29, 1.82) is 0 Å². The van der Waals surface area contributed by atoms with Crippen molar-refractivity contribution in [2.45, 2.75) is 25.9 Å². The van der Waals surface area contributed by atoms with E-state index in [2.05, 4.69) is 4.74 Å². The third kappa shape index (κ3) is 3.77. The molecule has 3 nitrogen and oxygen atoms in total. The van der Waals surface area contributed by atoms with Gasteiger partial charge < -0.3 is 14.4 Å². The van der Waals surface area contributed by atoms with Gasteiger partial charge in [0.2, 0.25) is 0 Å². The molecule has 2 rings (SSSR count). The summed E-state index contributed by atoms with van der Waals surface area (Å²) in [6.45, 7) is 2.13. The van der Waals surface area contributed by atoms with Crippen LogP contribution in [0.15, 0.2) is 42.6 Å². The van der Waals surface area contributed by atoms with Crippen molar-refractivity contribution in [3.63, 3.8) is 0 Å². The number of nitrogens with zero attached hydrogens (tertiary/aromatic N) is 1. The van der Waals surface area contributed by atoms with Crippen molar-refractivity contribution in [2.24, 2.45) is 0 Å². The molecule has 1 heterocycles. The summed E-state index contributed by atoms with van der Waals surface area (Å²) >= 11 is 0. The first-order chi connectivity index (χ1) is 9.35. The Hall–Kier alpha value is -1.95. The Morgan fingerprint density at radius 3 is 2.40 bits per heavy atom. The van der Waals surface area contributed by atoms with Gasteiger partial charge in [0.25, 0.3) is 0 Å². The number of halogens is 3. The lowest BCUT2D eigenvalue weighted by molar-refractivity contribution is -0.274. The number of aliphatic hydroxyl groups excluding tert-OH is 1. The van der Waals surface area contributed by atoms with E-state index in [0.29, 0.717) is 6.54 Å². The van der Waals surface area contributed by atoms with E-state index in [0.717, 1.165) is 11.3 Å². The molecule has 0 amide bonds. The normalized spacial score (nSPS) is 13.2. The number of benzene rings is 1. The van der Waals surface area contributed by atoms with Crippen LogP contribution in [0.2, 0.25) is 0 Å². The van der Waals surface area contributed by atoms with E-state index in [9.17, 15) is 18.3 Å². The molecule has 1 aromatic heterocycles. The fraction of sp³-hybridized carbons (Fsp3) is 0.286. The van der Waals surface area contributed by atoms with E-state index in [4.69, 9.17) is 0 Å². The largest absolute Gasteiger partial charge is 0.573 e. The van der Waals surface area contributed by atoms with Gasteiger partial charge in [-0.1, -0.05) is 12.1 Å². The highest BCUT2D eigenvalue weighted by Crippen LogP contribution is 2.23. The standard InChI is InChI=1S/C14H14F3NO2/c1-10(19)13-3-2-8-18(13)9-11-4-6-12(7-5-11)20-14(15,16)17/h2-8,10,19H,9H2,1H3. The Balaban J connectivity index is 2.09. The Labute approximate surface area is 114 Å². The van der Waals surface area contributed by atoms with Gasteiger partial charge in [-0.15, -0.1) is 13.2 Å². The number of aromatic nitrogens is 1. The van der Waals surface area contributed by atoms with Gasteiger partial charge in [0, 0.05) is 18.4 Å². The molecule has 0 radical (unpaired) electrons. The van der Waals surface area contributed by atoms with Crippen LogP contribution in [0.4, 0.5) is 13.2 Å². The van der Waals surface area contributed by atoms with Crippen molar-refractivity contribution >= 4 is 0 Å². The van der Waals surface area contributed by atoms with E-state index < -0.39 is 12.5 Å². The zero-order valence-electron chi connectivity index (χ0n) is 10.8. The van der Waals surface area contributed by atoms with Crippen LogP contribution in [0.5, 0.6) is 5.75 Å². The molecule has 20 heavy (non-hydrogen) atoms. The zero-order chi connectivity index (χ0) is 14.8. The highest BCUT2D eigenvalue weighted by Gasteiger charge is 2.30. The molecule has 6 heteroatoms. The predicted octanol–water partition coefficient (Wildman–Crippen LogP) is 3.49. The summed E-state index contributed by atoms with van der Waals surface area (Å²) in [5.74, 6) is -0.246. The molecule has 0 fully saturated rings. The minimum absolute atomic E-state index is 0.246. The quantitative estimate of drug-likeness (QED) is 0.933. The Morgan fingerprint density at radius 2 is 1.85 bits per heavy atom. The van der Waals surface area contributed by atoms with Gasteiger partial charge in [-0.25, -0.2) is 0 Å². The maximum absolute atomic E-state index is 12.0. The molecule has 0 spiro atoms. The summed E-state index contributed by atoms with van der Waals surface area (Å²) in [5.41, 5.74) is 1.57. The molecule has 1 N–H and O–H groups in total. The molecule has 1 unspecified atom stereocenters. The van der Waals surface area contributed by atoms with Crippen LogP contribution >= 0.6 is 0 Å². The van der Waals surface area contributed by atoms with Crippen molar-refractivity contribution in [3.05, 3.63) is 53.9 Å². The summed E-state index contributed by atoms with van der Waals surface area (Å²) in [6, 6.07) is 9.28. The van der Waals surface area contributed by atoms with Gasteiger partial charge >= 0.3 is 6.36 Å². The minimum atomic E-state index is -4.68. The third-order valence-electron chi connectivity index (χ3n) is 2.80. The summed E-state index contributed by atoms with van der Waals surface area (Å²) in [7, 11) is 0. The third-order valence-corrected chi connectivity index (χ3v) is 2.80. The van der Waals surface area contributed by atoms with Crippen LogP contribution in [0.25, 0.3) is 0 Å². The second-order valence-electron chi connectivity index (χ2n) is 4.43. The van der Waals surface area contributed by atoms with E-state index in [1.807, 2.05) is 16.8 Å². The smallest absolute Gasteiger partial charge is 0.406 e. The maximum Gasteiger partial charge on any atom is 0.573 e. The van der Waals surface area contributed by atoms with E-state index in [-0.39, 0.29) is 5.75 Å². The average molecular weight is 285 g/mol. The second-order valence-corrected chi connectivity index (χ2v) is 4.43. The first-order valence-corrected chi connectivity index (χ1v) is 6.03. The number of hydrogen-bond acceptors (Lipinski definition) is 2. The predicted molar refractivity (Wildman–Crippen MR) is 67.3 cm³/mol. The molecular formula is C14H14F3NO2. The molecule has 0 saturated heterocycles. The van der Waals surface area contributed by atoms with Crippen molar-refractivity contribution < 1.29 is 23.0 Å². The van der Waals surface area contributed by atoms with Crippen LogP contribution in [-0.2, 0) is 6.54 Å². The van der Waals surface area contributed by atoms with Crippen molar-refractivity contribution in [1.82, 2.24) is 4.57 Å². The van der Waals surface area contributed by atoms with E-state index in [1.54, 1.807) is 25.1 Å². The zero-order valence-corrected chi connectivity index (χ0v) is 10.8. The number of alkyl halides is 3. The first kappa shape index (κ1) is 14.5. The lowest BCUT2D eigenvalue weighted by atomic mass is 10.2. The minimum Gasteiger partial charge on any atom is -0.406 e. The number of aliphatic hydroxyl groups is 1. The van der Waals surface area contributed by atoms with E-state index >= 15 is 0 Å². The molecule has 1 atom stereocenters. The van der Waals surface area contributed by atoms with Gasteiger partial charge in [0.1, 0.15) is 5.75 Å². The van der Waals surface area contributed by atoms with Crippen LogP contribution in [0, 0.1) is 0 Å². The number of hydrogen-bond donors (Lipinski definition) is 1. The van der Waals surface area contributed by atoms with Gasteiger partial charge in [0.15, 0.2) is 0 Å². The fourth-order valence-corrected chi connectivity index (χ4v) is 1.94. The first-order valence-electron chi connectivity index (χ1n) is 6.03. The molecule has 0 aliphatic heterocycles. The number of ether oxygens (including phenoxy) is 1. The van der Waals surface area contributed by atoms with Gasteiger partial charge in [-0.2, -0.15) is 0 Å². The Bertz CT molecular complexity index is 559. The molecular weight excluding hydrogens is 271 g/mol. The monoisotopic (exact) mass is 285 g/mol. The SMILES string of the molecule is CC(O)c1cccn1Cc1ccc(OC(F)(F)F)cc1. The second kappa shape index (κ2) is 5.58. The van der Waals surface area contributed by atoms with Gasteiger partial charge in [-0.05, 0) is 36.8 Å². The molecule has 2 aromatic rings. The van der Waals surface area contributed by atoms with Gasteiger partial charge in [0.05, 0.1) is 6.10 Å². The summed E-state index contributed by atoms with van der Waals surface area (Å²) in [6.07, 6.45) is -3.47. The molecule has 1 aromatic carbocycles. The van der Waals surface area contributed by atoms with Crippen LogP contribution in [0.1, 0.15) is 24.3 Å². The number of rotatable bonds is 4. The van der Waals surface area contributed by atoms with Crippen LogP contribution in [0.3, 0.4) is 0 Å². The van der Waals surface area contributed by atoms with Crippen LogP contribution < -0.4 is 4.74 Å². The lowest BCUT2D eigenvalue weighted by Gasteiger charge is -2.12. The van der Waals surface area contributed by atoms with E-state index in [1.165, 1.54) is 12.1 Å². The average Bonchev–Trinajstić information content (AvgIpc) is 2.78. The summed E-state index contributed by atoms with van der Waals surface area (Å²) in [4.78, 5) is 0. The van der Waals surface area contributed by atoms with Crippen LogP contribution in [-0.4, -0.2) is 16.0 Å². The molecule has 0 aliphatic rings. The highest BCUT2D eigenvalue weighted by atomic mass is 19.4. The fourth-order valence-electron chi connectivity index (χ4n) is 1.94. The Kier molecular flexibility index (Phi) is 4.04. The molecule has 108 valence electrons. The molecule has 0 aliphatic carbocycles. The topological polar surface area (TPSA) is 34.4 Å². The summed E-state index contributed by atoms with van der Waals surface area (Å²) in [5, 5.41) is 9.58. The molecule has 0 saturated carbocycles. The highest BCUT2D eigenvalue weighted by molar-refractivity contribution is 5.28. The van der Waals surface area contributed by atoms with Gasteiger partial charge in [-0.3, -0.25) is 0 Å². The molecule has 0 bridgehead atoms. The van der Waals surface area contributed by atoms with Crippen molar-refractivity contribution in [3.8, 4) is 5.75 Å².